The predicted molar refractivity (Wildman–Crippen MR) is 41.6 cm³/mol. The summed E-state index contributed by atoms with van der Waals surface area (Å²) in [5, 5.41) is 3.77. The molecule has 1 rings (SSSR count). The summed E-state index contributed by atoms with van der Waals surface area (Å²) >= 11 is 0. The topological polar surface area (TPSA) is 27.0 Å². The zero-order valence-electron chi connectivity index (χ0n) is 6.97. The van der Waals surface area contributed by atoms with Crippen molar-refractivity contribution in [1.82, 2.24) is 10.3 Å². The molecule has 1 aromatic rings. The van der Waals surface area contributed by atoms with E-state index >= 15 is 0 Å². The van der Waals surface area contributed by atoms with Crippen LogP contribution >= 0.6 is 0 Å². The predicted octanol–water partition coefficient (Wildman–Crippen LogP) is 2.36. The molecule has 1 radical (unpaired) electrons. The van der Waals surface area contributed by atoms with Gasteiger partial charge in [-0.1, -0.05) is 6.07 Å². The van der Waals surface area contributed by atoms with Crippen molar-refractivity contribution in [3.63, 3.8) is 0 Å². The normalized spacial score (nSPS) is 11.4. The minimum absolute atomic E-state index is 0.123. The van der Waals surface area contributed by atoms with Gasteiger partial charge < -0.3 is 0 Å². The van der Waals surface area contributed by atoms with Crippen molar-refractivity contribution in [3.05, 3.63) is 23.9 Å². The van der Waals surface area contributed by atoms with Crippen LogP contribution < -0.4 is 5.32 Å². The lowest BCUT2D eigenvalue weighted by Crippen LogP contribution is -2.09. The lowest BCUT2D eigenvalue weighted by Gasteiger charge is -2.06. The molecule has 0 unspecified atom stereocenters. The molecule has 0 amide bonds. The van der Waals surface area contributed by atoms with E-state index in [4.69, 9.17) is 0 Å². The number of aromatic nitrogens is 1. The van der Waals surface area contributed by atoms with Gasteiger partial charge in [0.05, 0.1) is 0 Å². The quantitative estimate of drug-likeness (QED) is 0.701. The van der Waals surface area contributed by atoms with Crippen molar-refractivity contribution in [1.29, 1.82) is 0 Å². The molecule has 0 atom stereocenters. The van der Waals surface area contributed by atoms with Crippen molar-refractivity contribution < 1.29 is 13.2 Å². The third-order valence-electron chi connectivity index (χ3n) is 1.34. The molecule has 0 aliphatic carbocycles. The van der Waals surface area contributed by atoms with Gasteiger partial charge in [-0.3, -0.25) is 5.32 Å². The largest absolute Gasteiger partial charge is 0.433 e. The van der Waals surface area contributed by atoms with Gasteiger partial charge in [-0.2, -0.15) is 13.2 Å². The van der Waals surface area contributed by atoms with Gasteiger partial charge in [0, 0.05) is 6.54 Å². The average molecular weight is 189 g/mol. The summed E-state index contributed by atoms with van der Waals surface area (Å²) in [6, 6.07) is 3.66. The summed E-state index contributed by atoms with van der Waals surface area (Å²) in [5.41, 5.74) is -0.901. The Morgan fingerprint density at radius 2 is 2.08 bits per heavy atom. The SMILES string of the molecule is CC[N]c1cccc(C(F)(F)F)n1. The molecule has 0 spiro atoms. The fourth-order valence-corrected chi connectivity index (χ4v) is 0.831. The molecule has 0 saturated heterocycles. The Kier molecular flexibility index (Phi) is 2.75. The number of pyridine rings is 1. The maximum Gasteiger partial charge on any atom is 0.433 e. The Morgan fingerprint density at radius 3 is 2.62 bits per heavy atom. The van der Waals surface area contributed by atoms with E-state index < -0.39 is 11.9 Å². The van der Waals surface area contributed by atoms with Crippen LogP contribution in [0.15, 0.2) is 18.2 Å². The van der Waals surface area contributed by atoms with Crippen molar-refractivity contribution in [3.8, 4) is 0 Å². The standard InChI is InChI=1S/C8H8F3N2/c1-2-12-7-5-3-4-6(13-7)8(9,10)11/h3-5H,2H2,1H3. The van der Waals surface area contributed by atoms with Gasteiger partial charge in [0.1, 0.15) is 11.5 Å². The lowest BCUT2D eigenvalue weighted by atomic mass is 10.3. The van der Waals surface area contributed by atoms with Gasteiger partial charge >= 0.3 is 6.18 Å². The molecule has 13 heavy (non-hydrogen) atoms. The van der Waals surface area contributed by atoms with E-state index in [-0.39, 0.29) is 5.82 Å². The van der Waals surface area contributed by atoms with E-state index in [1.807, 2.05) is 0 Å². The highest BCUT2D eigenvalue weighted by molar-refractivity contribution is 5.28. The second-order valence-electron chi connectivity index (χ2n) is 2.35. The highest BCUT2D eigenvalue weighted by atomic mass is 19.4. The zero-order valence-corrected chi connectivity index (χ0v) is 6.97. The number of hydrogen-bond acceptors (Lipinski definition) is 1. The van der Waals surface area contributed by atoms with E-state index in [2.05, 4.69) is 10.3 Å². The van der Waals surface area contributed by atoms with E-state index in [9.17, 15) is 13.2 Å². The molecule has 0 aromatic carbocycles. The number of hydrogen-bond donors (Lipinski definition) is 0. The maximum atomic E-state index is 12.1. The number of alkyl halides is 3. The molecule has 5 heteroatoms. The monoisotopic (exact) mass is 189 g/mol. The van der Waals surface area contributed by atoms with Gasteiger partial charge in [0.25, 0.3) is 0 Å². The van der Waals surface area contributed by atoms with E-state index in [0.717, 1.165) is 6.07 Å². The van der Waals surface area contributed by atoms with E-state index in [1.165, 1.54) is 12.1 Å². The Morgan fingerprint density at radius 1 is 1.38 bits per heavy atom. The third kappa shape index (κ3) is 2.61. The van der Waals surface area contributed by atoms with Crippen LogP contribution in [-0.2, 0) is 6.18 Å². The van der Waals surface area contributed by atoms with Crippen LogP contribution in [0.4, 0.5) is 19.0 Å². The summed E-state index contributed by atoms with van der Waals surface area (Å²) in [6.45, 7) is 2.16. The van der Waals surface area contributed by atoms with Crippen LogP contribution in [0.1, 0.15) is 12.6 Å². The van der Waals surface area contributed by atoms with Crippen LogP contribution in [0.3, 0.4) is 0 Å². The highest BCUT2D eigenvalue weighted by Gasteiger charge is 2.32. The van der Waals surface area contributed by atoms with Crippen molar-refractivity contribution >= 4 is 5.82 Å². The summed E-state index contributed by atoms with van der Waals surface area (Å²) < 4.78 is 36.3. The van der Waals surface area contributed by atoms with Crippen molar-refractivity contribution in [2.75, 3.05) is 6.54 Å². The average Bonchev–Trinajstić information content (AvgIpc) is 2.04. The fraction of sp³-hybridized carbons (Fsp3) is 0.375. The van der Waals surface area contributed by atoms with Crippen LogP contribution in [0.25, 0.3) is 0 Å². The number of halogens is 3. The van der Waals surface area contributed by atoms with Gasteiger partial charge in [-0.05, 0) is 19.1 Å². The zero-order chi connectivity index (χ0) is 9.90. The van der Waals surface area contributed by atoms with Gasteiger partial charge in [-0.15, -0.1) is 0 Å². The number of nitrogens with zero attached hydrogens (tertiary/aromatic N) is 2. The third-order valence-corrected chi connectivity index (χ3v) is 1.34. The smallest absolute Gasteiger partial charge is 0.267 e. The summed E-state index contributed by atoms with van der Waals surface area (Å²) in [6.07, 6.45) is -4.39. The van der Waals surface area contributed by atoms with Gasteiger partial charge in [0.2, 0.25) is 0 Å². The molecular weight excluding hydrogens is 181 g/mol. The van der Waals surface area contributed by atoms with E-state index in [1.54, 1.807) is 6.92 Å². The van der Waals surface area contributed by atoms with Gasteiger partial charge in [-0.25, -0.2) is 4.98 Å². The molecule has 0 aliphatic heterocycles. The molecule has 0 fully saturated rings. The Hall–Kier alpha value is -1.26. The Bertz CT molecular complexity index is 283. The Labute approximate surface area is 73.8 Å². The lowest BCUT2D eigenvalue weighted by molar-refractivity contribution is -0.141. The molecule has 0 saturated carbocycles. The highest BCUT2D eigenvalue weighted by Crippen LogP contribution is 2.27. The first-order chi connectivity index (χ1) is 6.04. The van der Waals surface area contributed by atoms with Crippen LogP contribution in [-0.4, -0.2) is 11.5 Å². The number of rotatable bonds is 2. The second kappa shape index (κ2) is 3.64. The van der Waals surface area contributed by atoms with Gasteiger partial charge in [0.15, 0.2) is 0 Å². The van der Waals surface area contributed by atoms with Crippen molar-refractivity contribution in [2.45, 2.75) is 13.1 Å². The molecule has 0 aliphatic rings. The maximum absolute atomic E-state index is 12.1. The summed E-state index contributed by atoms with van der Waals surface area (Å²) in [7, 11) is 0. The fourth-order valence-electron chi connectivity index (χ4n) is 0.831. The first kappa shape index (κ1) is 9.83. The first-order valence-electron chi connectivity index (χ1n) is 3.76. The van der Waals surface area contributed by atoms with Crippen LogP contribution in [0.5, 0.6) is 0 Å². The molecule has 1 heterocycles. The molecular formula is C8H8F3N2. The summed E-state index contributed by atoms with van der Waals surface area (Å²) in [5.74, 6) is 0.123. The molecule has 1 aromatic heterocycles. The molecule has 2 nitrogen and oxygen atoms in total. The minimum Gasteiger partial charge on any atom is -0.267 e. The van der Waals surface area contributed by atoms with Crippen LogP contribution in [0, 0.1) is 0 Å². The Balaban J connectivity index is 2.92. The minimum atomic E-state index is -4.39. The van der Waals surface area contributed by atoms with Crippen LogP contribution in [0.2, 0.25) is 0 Å². The molecule has 0 N–H and O–H groups in total. The molecule has 71 valence electrons. The van der Waals surface area contributed by atoms with E-state index in [0.29, 0.717) is 6.54 Å². The molecule has 0 bridgehead atoms. The first-order valence-corrected chi connectivity index (χ1v) is 3.76. The summed E-state index contributed by atoms with van der Waals surface area (Å²) in [4.78, 5) is 3.34. The second-order valence-corrected chi connectivity index (χ2v) is 2.35. The van der Waals surface area contributed by atoms with Crippen molar-refractivity contribution in [2.24, 2.45) is 0 Å².